The Kier molecular flexibility index (Phi) is 6.93. The van der Waals surface area contributed by atoms with E-state index in [9.17, 15) is 18.3 Å². The van der Waals surface area contributed by atoms with Crippen molar-refractivity contribution < 1.29 is 18.3 Å². The van der Waals surface area contributed by atoms with Gasteiger partial charge in [0.1, 0.15) is 5.76 Å². The van der Waals surface area contributed by atoms with Gasteiger partial charge in [-0.1, -0.05) is 38.1 Å². The van der Waals surface area contributed by atoms with Crippen molar-refractivity contribution in [3.05, 3.63) is 75.5 Å². The number of aliphatic hydroxyl groups is 1. The minimum Gasteiger partial charge on any atom is -0.505 e. The second-order valence-corrected chi connectivity index (χ2v) is 7.80. The molecule has 1 aromatic carbocycles. The van der Waals surface area contributed by atoms with E-state index < -0.39 is 17.7 Å². The maximum Gasteiger partial charge on any atom is 0.412 e. The van der Waals surface area contributed by atoms with E-state index in [4.69, 9.17) is 0 Å². The lowest BCUT2D eigenvalue weighted by atomic mass is 9.90. The fourth-order valence-electron chi connectivity index (χ4n) is 3.55. The fourth-order valence-corrected chi connectivity index (χ4v) is 3.55. The van der Waals surface area contributed by atoms with Gasteiger partial charge in [0.2, 0.25) is 0 Å². The minimum atomic E-state index is -4.40. The molecule has 0 saturated heterocycles. The first kappa shape index (κ1) is 22.7. The van der Waals surface area contributed by atoms with Crippen molar-refractivity contribution in [3.8, 4) is 0 Å². The predicted molar refractivity (Wildman–Crippen MR) is 114 cm³/mol. The summed E-state index contributed by atoms with van der Waals surface area (Å²) in [7, 11) is 0. The van der Waals surface area contributed by atoms with Crippen molar-refractivity contribution >= 4 is 12.0 Å². The zero-order valence-corrected chi connectivity index (χ0v) is 17.6. The summed E-state index contributed by atoms with van der Waals surface area (Å²) in [4.78, 5) is 4.27. The van der Waals surface area contributed by atoms with E-state index in [1.807, 2.05) is 26.0 Å². The third-order valence-corrected chi connectivity index (χ3v) is 5.04. The number of aliphatic hydroxyl groups excluding tert-OH is 1. The van der Waals surface area contributed by atoms with Crippen molar-refractivity contribution in [2.75, 3.05) is 0 Å². The highest BCUT2D eigenvalue weighted by atomic mass is 19.4. The Bertz CT molecular complexity index is 928. The quantitative estimate of drug-likeness (QED) is 0.532. The largest absolute Gasteiger partial charge is 0.505 e. The third kappa shape index (κ3) is 5.49. The summed E-state index contributed by atoms with van der Waals surface area (Å²) in [5.41, 5.74) is 4.56. The number of alkyl halides is 3. The number of nitrogens with zero attached hydrogens (tertiary/aromatic N) is 1. The Morgan fingerprint density at radius 1 is 1.17 bits per heavy atom. The molecule has 0 aliphatic carbocycles. The number of aryl methyl sites for hydroxylation is 3. The van der Waals surface area contributed by atoms with Crippen LogP contribution in [0.15, 0.2) is 58.3 Å². The average Bonchev–Trinajstić information content (AvgIpc) is 2.59. The monoisotopic (exact) mass is 403 g/mol. The van der Waals surface area contributed by atoms with E-state index >= 15 is 0 Å². The summed E-state index contributed by atoms with van der Waals surface area (Å²) in [6, 6.07) is 4.00. The average molecular weight is 403 g/mol. The maximum atomic E-state index is 13.4. The van der Waals surface area contributed by atoms with Crippen LogP contribution in [-0.4, -0.2) is 17.5 Å². The molecule has 0 unspecified atom stereocenters. The molecule has 1 heterocycles. The van der Waals surface area contributed by atoms with Gasteiger partial charge in [0.25, 0.3) is 0 Å². The molecule has 1 N–H and O–H groups in total. The molecular weight excluding hydrogens is 375 g/mol. The van der Waals surface area contributed by atoms with Gasteiger partial charge in [-0.05, 0) is 74.0 Å². The summed E-state index contributed by atoms with van der Waals surface area (Å²) in [5, 5.41) is 10.7. The first-order chi connectivity index (χ1) is 13.4. The van der Waals surface area contributed by atoms with Crippen LogP contribution in [0.4, 0.5) is 13.2 Å². The van der Waals surface area contributed by atoms with Gasteiger partial charge in [0.05, 0.1) is 5.70 Å². The molecule has 5 heteroatoms. The molecule has 0 radical (unpaired) electrons. The summed E-state index contributed by atoms with van der Waals surface area (Å²) in [5.74, 6) is -0.530. The number of allylic oxidation sites excluding steroid dienone is 6. The number of fused-ring (bicyclic) bond motifs is 1. The molecule has 29 heavy (non-hydrogen) atoms. The summed E-state index contributed by atoms with van der Waals surface area (Å²) < 4.78 is 40.1. The molecule has 0 spiro atoms. The molecule has 0 aromatic heterocycles. The van der Waals surface area contributed by atoms with Gasteiger partial charge in [-0.25, -0.2) is 0 Å². The van der Waals surface area contributed by atoms with Gasteiger partial charge in [0, 0.05) is 17.4 Å². The smallest absolute Gasteiger partial charge is 0.412 e. The van der Waals surface area contributed by atoms with E-state index in [0.29, 0.717) is 29.7 Å². The fraction of sp³-hybridized carbons (Fsp3) is 0.375. The predicted octanol–water partition coefficient (Wildman–Crippen LogP) is 7.19. The molecule has 0 saturated carbocycles. The van der Waals surface area contributed by atoms with E-state index in [0.717, 1.165) is 28.3 Å². The lowest BCUT2D eigenvalue weighted by Crippen LogP contribution is -2.17. The van der Waals surface area contributed by atoms with Crippen molar-refractivity contribution in [2.45, 2.75) is 53.6 Å². The second-order valence-electron chi connectivity index (χ2n) is 7.80. The van der Waals surface area contributed by atoms with E-state index in [1.54, 1.807) is 13.0 Å². The standard InChI is InChI=1S/C24H28F3NO/c1-14(2)21(24(25,26)27)13-16(4)19-7-8-20-12-15(3)11-17(5)22(20)23(29)18(6)28-10-9-19/h9-14,29H,4,7-8H2,1-3,5-6H3/b19-9+,21-13+,23-18+,28-10+. The van der Waals surface area contributed by atoms with Crippen LogP contribution >= 0.6 is 0 Å². The molecule has 1 aliphatic rings. The highest BCUT2D eigenvalue weighted by molar-refractivity contribution is 5.78. The number of rotatable bonds is 3. The van der Waals surface area contributed by atoms with Crippen LogP contribution < -0.4 is 0 Å². The van der Waals surface area contributed by atoms with Gasteiger partial charge in [-0.15, -0.1) is 0 Å². The molecule has 1 aromatic rings. The highest BCUT2D eigenvalue weighted by Crippen LogP contribution is 2.34. The lowest BCUT2D eigenvalue weighted by molar-refractivity contribution is -0.0976. The van der Waals surface area contributed by atoms with E-state index in [-0.39, 0.29) is 5.76 Å². The van der Waals surface area contributed by atoms with E-state index in [2.05, 4.69) is 11.6 Å². The first-order valence-electron chi connectivity index (χ1n) is 9.63. The Morgan fingerprint density at radius 2 is 1.83 bits per heavy atom. The van der Waals surface area contributed by atoms with Crippen LogP contribution in [0.5, 0.6) is 0 Å². The summed E-state index contributed by atoms with van der Waals surface area (Å²) in [6.07, 6.45) is 0.999. The Labute approximate surface area is 170 Å². The molecule has 156 valence electrons. The molecule has 0 bridgehead atoms. The SMILES string of the molecule is C=C(/C=C(\C(C)C)C(F)(F)F)/C1=C/C=N/C(C)=C(/O)c2c(C)cc(C)cc2CC1. The Hall–Kier alpha value is -2.56. The molecule has 0 atom stereocenters. The van der Waals surface area contributed by atoms with Crippen molar-refractivity contribution in [1.82, 2.24) is 0 Å². The minimum absolute atomic E-state index is 0.128. The van der Waals surface area contributed by atoms with Crippen molar-refractivity contribution in [1.29, 1.82) is 0 Å². The van der Waals surface area contributed by atoms with Gasteiger partial charge in [0.15, 0.2) is 0 Å². The molecule has 1 aliphatic heterocycles. The third-order valence-electron chi connectivity index (χ3n) is 5.04. The maximum absolute atomic E-state index is 13.4. The van der Waals surface area contributed by atoms with Gasteiger partial charge >= 0.3 is 6.18 Å². The van der Waals surface area contributed by atoms with Crippen LogP contribution in [0.25, 0.3) is 5.76 Å². The van der Waals surface area contributed by atoms with Crippen LogP contribution in [0, 0.1) is 19.8 Å². The zero-order valence-electron chi connectivity index (χ0n) is 17.6. The summed E-state index contributed by atoms with van der Waals surface area (Å²) >= 11 is 0. The van der Waals surface area contributed by atoms with Crippen LogP contribution in [-0.2, 0) is 6.42 Å². The van der Waals surface area contributed by atoms with Gasteiger partial charge in [-0.2, -0.15) is 13.2 Å². The number of hydrogen-bond donors (Lipinski definition) is 1. The first-order valence-corrected chi connectivity index (χ1v) is 9.63. The second kappa shape index (κ2) is 8.85. The number of aliphatic imine (C=N–C) groups is 1. The van der Waals surface area contributed by atoms with E-state index in [1.165, 1.54) is 20.1 Å². The normalized spacial score (nSPS) is 21.4. The molecule has 2 nitrogen and oxygen atoms in total. The van der Waals surface area contributed by atoms with Gasteiger partial charge < -0.3 is 5.11 Å². The zero-order chi connectivity index (χ0) is 21.9. The summed E-state index contributed by atoms with van der Waals surface area (Å²) in [6.45, 7) is 12.6. The van der Waals surface area contributed by atoms with Crippen molar-refractivity contribution in [2.24, 2.45) is 10.9 Å². The lowest BCUT2D eigenvalue weighted by Gasteiger charge is -2.18. The number of benzene rings is 1. The van der Waals surface area contributed by atoms with Crippen LogP contribution in [0.3, 0.4) is 0 Å². The molecule has 0 amide bonds. The topological polar surface area (TPSA) is 32.6 Å². The molecule has 2 rings (SSSR count). The van der Waals surface area contributed by atoms with Gasteiger partial charge in [-0.3, -0.25) is 4.99 Å². The molecule has 0 fully saturated rings. The molecular formula is C24H28F3NO. The van der Waals surface area contributed by atoms with Crippen molar-refractivity contribution in [3.63, 3.8) is 0 Å². The Morgan fingerprint density at radius 3 is 2.41 bits per heavy atom. The van der Waals surface area contributed by atoms with Crippen LogP contribution in [0.2, 0.25) is 0 Å². The number of halogens is 3. The Balaban J connectivity index is 2.52. The number of hydrogen-bond acceptors (Lipinski definition) is 2. The van der Waals surface area contributed by atoms with Crippen LogP contribution in [0.1, 0.15) is 49.4 Å². The highest BCUT2D eigenvalue weighted by Gasteiger charge is 2.35.